The Hall–Kier alpha value is -1.57. The summed E-state index contributed by atoms with van der Waals surface area (Å²) in [5.74, 6) is -2.14. The van der Waals surface area contributed by atoms with Gasteiger partial charge in [0.25, 0.3) is 0 Å². The molecule has 128 valence electrons. The fourth-order valence-electron chi connectivity index (χ4n) is 2.62. The third-order valence-corrected chi connectivity index (χ3v) is 4.62. The van der Waals surface area contributed by atoms with Gasteiger partial charge in [-0.3, -0.25) is 4.79 Å². The highest BCUT2D eigenvalue weighted by Gasteiger charge is 2.39. The van der Waals surface area contributed by atoms with Gasteiger partial charge in [0.2, 0.25) is 0 Å². The molecule has 0 aromatic heterocycles. The Morgan fingerprint density at radius 3 is 2.58 bits per heavy atom. The Bertz CT molecular complexity index is 706. The van der Waals surface area contributed by atoms with Crippen molar-refractivity contribution in [2.24, 2.45) is 0 Å². The van der Waals surface area contributed by atoms with Gasteiger partial charge in [0, 0.05) is 25.1 Å². The van der Waals surface area contributed by atoms with E-state index in [2.05, 4.69) is 0 Å². The van der Waals surface area contributed by atoms with Gasteiger partial charge in [0.05, 0.1) is 10.0 Å². The summed E-state index contributed by atoms with van der Waals surface area (Å²) in [7, 11) is -1.34. The maximum absolute atomic E-state index is 11.9. The van der Waals surface area contributed by atoms with Gasteiger partial charge in [0.15, 0.2) is 0 Å². The van der Waals surface area contributed by atoms with Crippen molar-refractivity contribution >= 4 is 47.9 Å². The first-order valence-corrected chi connectivity index (χ1v) is 8.06. The molecular weight excluding hydrogens is 358 g/mol. The number of fused-ring (bicyclic) bond motifs is 1. The summed E-state index contributed by atoms with van der Waals surface area (Å²) in [6.45, 7) is 1.40. The second kappa shape index (κ2) is 7.55. The van der Waals surface area contributed by atoms with E-state index in [9.17, 15) is 24.5 Å². The van der Waals surface area contributed by atoms with Crippen molar-refractivity contribution in [2.75, 3.05) is 0 Å². The van der Waals surface area contributed by atoms with Crippen LogP contribution < -0.4 is 4.65 Å². The molecule has 2 N–H and O–H groups in total. The molecule has 0 spiro atoms. The van der Waals surface area contributed by atoms with E-state index >= 15 is 0 Å². The largest absolute Gasteiger partial charge is 0.535 e. The first-order valence-electron chi connectivity index (χ1n) is 7.30. The van der Waals surface area contributed by atoms with Gasteiger partial charge in [-0.1, -0.05) is 23.2 Å². The zero-order chi connectivity index (χ0) is 18.0. The Morgan fingerprint density at radius 1 is 1.33 bits per heavy atom. The maximum atomic E-state index is 11.9. The lowest BCUT2D eigenvalue weighted by Gasteiger charge is -2.28. The minimum atomic E-state index is -1.34. The predicted molar refractivity (Wildman–Crippen MR) is 89.0 cm³/mol. The van der Waals surface area contributed by atoms with E-state index in [1.54, 1.807) is 0 Å². The van der Waals surface area contributed by atoms with Gasteiger partial charge in [-0.05, 0) is 25.0 Å². The smallest absolute Gasteiger partial charge is 0.526 e. The van der Waals surface area contributed by atoms with Crippen molar-refractivity contribution in [3.8, 4) is 5.75 Å². The normalized spacial score (nSPS) is 16.3. The van der Waals surface area contributed by atoms with Crippen molar-refractivity contribution in [3.05, 3.63) is 27.2 Å². The van der Waals surface area contributed by atoms with Crippen LogP contribution in [0.25, 0.3) is 0 Å². The van der Waals surface area contributed by atoms with Gasteiger partial charge < -0.3 is 19.6 Å². The summed E-state index contributed by atoms with van der Waals surface area (Å²) in [5, 5.41) is 19.3. The number of aromatic carboxylic acids is 1. The van der Waals surface area contributed by atoms with Crippen LogP contribution in [-0.2, 0) is 16.0 Å². The third-order valence-electron chi connectivity index (χ3n) is 3.83. The molecular formula is C15H15BCl2O6. The minimum Gasteiger partial charge on any atom is -0.535 e. The van der Waals surface area contributed by atoms with Crippen LogP contribution in [0, 0.1) is 0 Å². The topological polar surface area (TPSA) is 101 Å². The SMILES string of the molecule is CC(=O)CCC(=O)C[C@H]1Cc2cc(Cl)c(Cl)c(C(=O)O)c2OB1O. The molecule has 9 heteroatoms. The molecule has 6 nitrogen and oxygen atoms in total. The van der Waals surface area contributed by atoms with E-state index in [0.717, 1.165) is 0 Å². The summed E-state index contributed by atoms with van der Waals surface area (Å²) >= 11 is 11.9. The number of rotatable bonds is 6. The highest BCUT2D eigenvalue weighted by Crippen LogP contribution is 2.42. The minimum absolute atomic E-state index is 0.0243. The Morgan fingerprint density at radius 2 is 2.00 bits per heavy atom. The second-order valence-corrected chi connectivity index (χ2v) is 6.54. The van der Waals surface area contributed by atoms with Crippen LogP contribution in [0.3, 0.4) is 0 Å². The summed E-state index contributed by atoms with van der Waals surface area (Å²) in [6, 6.07) is 1.48. The van der Waals surface area contributed by atoms with Crippen molar-refractivity contribution < 1.29 is 29.2 Å². The number of Topliss-reactive ketones (excluding diaryl/α,β-unsaturated/α-hetero) is 2. The van der Waals surface area contributed by atoms with E-state index in [0.29, 0.717) is 5.56 Å². The van der Waals surface area contributed by atoms with E-state index in [-0.39, 0.29) is 58.6 Å². The lowest BCUT2D eigenvalue weighted by atomic mass is 9.64. The van der Waals surface area contributed by atoms with Gasteiger partial charge in [-0.15, -0.1) is 0 Å². The van der Waals surface area contributed by atoms with Crippen LogP contribution in [-0.4, -0.2) is 34.8 Å². The zero-order valence-corrected chi connectivity index (χ0v) is 14.4. The molecule has 0 saturated carbocycles. The molecule has 1 aromatic carbocycles. The van der Waals surface area contributed by atoms with Crippen molar-refractivity contribution in [1.29, 1.82) is 0 Å². The van der Waals surface area contributed by atoms with Gasteiger partial charge in [-0.25, -0.2) is 4.79 Å². The molecule has 0 bridgehead atoms. The third kappa shape index (κ3) is 4.09. The van der Waals surface area contributed by atoms with Crippen LogP contribution in [0.4, 0.5) is 0 Å². The first-order chi connectivity index (χ1) is 11.2. The summed E-state index contributed by atoms with van der Waals surface area (Å²) < 4.78 is 5.31. The predicted octanol–water partition coefficient (Wildman–Crippen LogP) is 2.81. The van der Waals surface area contributed by atoms with Crippen LogP contribution in [0.15, 0.2) is 6.07 Å². The summed E-state index contributed by atoms with van der Waals surface area (Å²) in [5.41, 5.74) is 0.163. The molecule has 0 saturated heterocycles. The molecule has 0 unspecified atom stereocenters. The molecule has 0 fully saturated rings. The zero-order valence-electron chi connectivity index (χ0n) is 12.8. The number of carboxylic acids is 1. The molecule has 1 atom stereocenters. The lowest BCUT2D eigenvalue weighted by Crippen LogP contribution is -2.36. The van der Waals surface area contributed by atoms with Crippen molar-refractivity contribution in [3.63, 3.8) is 0 Å². The lowest BCUT2D eigenvalue weighted by molar-refractivity contribution is -0.123. The van der Waals surface area contributed by atoms with E-state index in [4.69, 9.17) is 27.9 Å². The van der Waals surface area contributed by atoms with E-state index in [1.165, 1.54) is 13.0 Å². The van der Waals surface area contributed by atoms with Crippen molar-refractivity contribution in [1.82, 2.24) is 0 Å². The fraction of sp³-hybridized carbons (Fsp3) is 0.400. The average molecular weight is 373 g/mol. The quantitative estimate of drug-likeness (QED) is 0.744. The number of carboxylic acid groups (broad SMARTS) is 1. The highest BCUT2D eigenvalue weighted by atomic mass is 35.5. The summed E-state index contributed by atoms with van der Waals surface area (Å²) in [6.07, 6.45) is 0.507. The Labute approximate surface area is 148 Å². The number of hydrogen-bond donors (Lipinski definition) is 2. The number of hydrogen-bond acceptors (Lipinski definition) is 5. The second-order valence-electron chi connectivity index (χ2n) is 5.76. The molecule has 1 aromatic rings. The number of ketones is 2. The van der Waals surface area contributed by atoms with Crippen LogP contribution in [0.5, 0.6) is 5.75 Å². The van der Waals surface area contributed by atoms with Gasteiger partial charge >= 0.3 is 13.1 Å². The van der Waals surface area contributed by atoms with Crippen molar-refractivity contribution in [2.45, 2.75) is 38.4 Å². The summed E-state index contributed by atoms with van der Waals surface area (Å²) in [4.78, 5) is 34.2. The molecule has 24 heavy (non-hydrogen) atoms. The molecule has 1 aliphatic heterocycles. The molecule has 1 heterocycles. The van der Waals surface area contributed by atoms with E-state index in [1.807, 2.05) is 0 Å². The Balaban J connectivity index is 2.23. The Kier molecular flexibility index (Phi) is 5.90. The molecule has 1 aliphatic rings. The fourth-order valence-corrected chi connectivity index (χ4v) is 3.07. The van der Waals surface area contributed by atoms with Crippen LogP contribution >= 0.6 is 23.2 Å². The number of halogens is 2. The van der Waals surface area contributed by atoms with Crippen LogP contribution in [0.1, 0.15) is 42.1 Å². The number of benzene rings is 1. The maximum Gasteiger partial charge on any atom is 0.526 e. The molecule has 0 radical (unpaired) electrons. The van der Waals surface area contributed by atoms with Gasteiger partial charge in [0.1, 0.15) is 22.9 Å². The highest BCUT2D eigenvalue weighted by molar-refractivity contribution is 6.48. The standard InChI is InChI=1S/C15H15BCl2O6/c1-7(19)2-3-10(20)6-9-4-8-5-11(17)13(18)12(15(21)22)14(8)24-16(9)23/h5,9,23H,2-4,6H2,1H3,(H,21,22)/t9-/m1/s1. The molecule has 2 rings (SSSR count). The monoisotopic (exact) mass is 372 g/mol. The van der Waals surface area contributed by atoms with Crippen LogP contribution in [0.2, 0.25) is 15.9 Å². The number of carbonyl (C=O) groups excluding carboxylic acids is 2. The average Bonchev–Trinajstić information content (AvgIpc) is 2.48. The molecule has 0 amide bonds. The number of carbonyl (C=O) groups is 3. The first kappa shape index (κ1) is 18.8. The van der Waals surface area contributed by atoms with Gasteiger partial charge in [-0.2, -0.15) is 0 Å². The molecule has 0 aliphatic carbocycles. The van der Waals surface area contributed by atoms with E-state index < -0.39 is 18.9 Å².